The van der Waals surface area contributed by atoms with E-state index < -0.39 is 0 Å². The molecule has 1 atom stereocenters. The van der Waals surface area contributed by atoms with Crippen molar-refractivity contribution in [2.75, 3.05) is 13.7 Å². The van der Waals surface area contributed by atoms with E-state index >= 15 is 0 Å². The summed E-state index contributed by atoms with van der Waals surface area (Å²) in [5, 5.41) is 0. The third kappa shape index (κ3) is 2.20. The minimum atomic E-state index is -0.102. The molecule has 0 aliphatic rings. The first-order valence-corrected chi connectivity index (χ1v) is 4.29. The molecule has 0 aliphatic carbocycles. The molecule has 0 aromatic heterocycles. The normalized spacial score (nSPS) is 12.6. The van der Waals surface area contributed by atoms with Crippen LogP contribution < -0.4 is 16.2 Å². The Bertz CT molecular complexity index is 286. The Balaban J connectivity index is 3.03. The maximum absolute atomic E-state index is 5.84. The van der Waals surface area contributed by atoms with E-state index in [1.54, 1.807) is 7.11 Å². The number of hydrogen-bond donors (Lipinski definition) is 2. The fourth-order valence-corrected chi connectivity index (χ4v) is 1.27. The molecule has 0 saturated carbocycles. The Hall–Kier alpha value is -1.06. The third-order valence-electron chi connectivity index (χ3n) is 2.14. The van der Waals surface area contributed by atoms with Gasteiger partial charge in [-0.2, -0.15) is 0 Å². The smallest absolute Gasteiger partial charge is 0.119 e. The zero-order valence-corrected chi connectivity index (χ0v) is 8.08. The van der Waals surface area contributed by atoms with Crippen molar-refractivity contribution in [1.82, 2.24) is 0 Å². The molecule has 13 heavy (non-hydrogen) atoms. The quantitative estimate of drug-likeness (QED) is 0.728. The van der Waals surface area contributed by atoms with E-state index in [0.29, 0.717) is 6.54 Å². The van der Waals surface area contributed by atoms with Crippen LogP contribution in [0, 0.1) is 6.92 Å². The van der Waals surface area contributed by atoms with Crippen molar-refractivity contribution < 1.29 is 4.74 Å². The summed E-state index contributed by atoms with van der Waals surface area (Å²) in [4.78, 5) is 0. The molecule has 0 heterocycles. The fraction of sp³-hybridized carbons (Fsp3) is 0.400. The van der Waals surface area contributed by atoms with Gasteiger partial charge in [0.05, 0.1) is 7.11 Å². The molecule has 0 fully saturated rings. The molecule has 3 heteroatoms. The molecule has 0 saturated heterocycles. The highest BCUT2D eigenvalue weighted by Gasteiger charge is 2.07. The van der Waals surface area contributed by atoms with Crippen LogP contribution in [0.15, 0.2) is 18.2 Å². The summed E-state index contributed by atoms with van der Waals surface area (Å²) in [5.41, 5.74) is 13.5. The van der Waals surface area contributed by atoms with E-state index in [2.05, 4.69) is 0 Å². The lowest BCUT2D eigenvalue weighted by molar-refractivity contribution is 0.413. The molecule has 3 nitrogen and oxygen atoms in total. The van der Waals surface area contributed by atoms with Crippen LogP contribution in [-0.2, 0) is 0 Å². The largest absolute Gasteiger partial charge is 0.497 e. The summed E-state index contributed by atoms with van der Waals surface area (Å²) < 4.78 is 5.11. The summed E-state index contributed by atoms with van der Waals surface area (Å²) in [5.74, 6) is 0.824. The van der Waals surface area contributed by atoms with Crippen molar-refractivity contribution in [1.29, 1.82) is 0 Å². The van der Waals surface area contributed by atoms with Crippen molar-refractivity contribution in [3.05, 3.63) is 29.3 Å². The third-order valence-corrected chi connectivity index (χ3v) is 2.14. The SMILES string of the molecule is COc1ccc(C)c(C(N)CN)c1. The number of rotatable bonds is 3. The van der Waals surface area contributed by atoms with Crippen LogP contribution in [0.4, 0.5) is 0 Å². The van der Waals surface area contributed by atoms with Crippen LogP contribution in [-0.4, -0.2) is 13.7 Å². The van der Waals surface area contributed by atoms with Crippen LogP contribution in [0.25, 0.3) is 0 Å². The van der Waals surface area contributed by atoms with Crippen molar-refractivity contribution in [2.45, 2.75) is 13.0 Å². The minimum Gasteiger partial charge on any atom is -0.497 e. The first-order chi connectivity index (χ1) is 6.19. The Labute approximate surface area is 78.7 Å². The zero-order chi connectivity index (χ0) is 9.84. The number of hydrogen-bond acceptors (Lipinski definition) is 3. The molecule has 4 N–H and O–H groups in total. The molecular weight excluding hydrogens is 164 g/mol. The second kappa shape index (κ2) is 4.25. The van der Waals surface area contributed by atoms with Crippen molar-refractivity contribution in [2.24, 2.45) is 11.5 Å². The Kier molecular flexibility index (Phi) is 3.28. The second-order valence-corrected chi connectivity index (χ2v) is 3.06. The molecular formula is C10H16N2O. The van der Waals surface area contributed by atoms with Gasteiger partial charge in [0.25, 0.3) is 0 Å². The van der Waals surface area contributed by atoms with E-state index in [1.165, 1.54) is 0 Å². The summed E-state index contributed by atoms with van der Waals surface area (Å²) >= 11 is 0. The molecule has 0 amide bonds. The first-order valence-electron chi connectivity index (χ1n) is 4.29. The van der Waals surface area contributed by atoms with Gasteiger partial charge in [-0.1, -0.05) is 6.07 Å². The van der Waals surface area contributed by atoms with Gasteiger partial charge in [0, 0.05) is 12.6 Å². The lowest BCUT2D eigenvalue weighted by Crippen LogP contribution is -2.21. The molecule has 72 valence electrons. The van der Waals surface area contributed by atoms with Gasteiger partial charge in [-0.25, -0.2) is 0 Å². The molecule has 1 aromatic carbocycles. The number of benzene rings is 1. The average Bonchev–Trinajstić information content (AvgIpc) is 2.17. The highest BCUT2D eigenvalue weighted by Crippen LogP contribution is 2.21. The number of ether oxygens (including phenoxy) is 1. The lowest BCUT2D eigenvalue weighted by atomic mass is 10.0. The molecule has 0 aliphatic heterocycles. The maximum Gasteiger partial charge on any atom is 0.119 e. The maximum atomic E-state index is 5.84. The number of nitrogens with two attached hydrogens (primary N) is 2. The van der Waals surface area contributed by atoms with E-state index in [-0.39, 0.29) is 6.04 Å². The van der Waals surface area contributed by atoms with E-state index in [0.717, 1.165) is 16.9 Å². The summed E-state index contributed by atoms with van der Waals surface area (Å²) in [6, 6.07) is 5.74. The molecule has 0 radical (unpaired) electrons. The van der Waals surface area contributed by atoms with Gasteiger partial charge in [0.1, 0.15) is 5.75 Å². The Morgan fingerprint density at radius 3 is 2.69 bits per heavy atom. The van der Waals surface area contributed by atoms with E-state index in [4.69, 9.17) is 16.2 Å². The monoisotopic (exact) mass is 180 g/mol. The van der Waals surface area contributed by atoms with Gasteiger partial charge in [-0.05, 0) is 30.2 Å². The molecule has 0 spiro atoms. The highest BCUT2D eigenvalue weighted by molar-refractivity contribution is 5.36. The topological polar surface area (TPSA) is 61.3 Å². The minimum absolute atomic E-state index is 0.102. The van der Waals surface area contributed by atoms with Crippen LogP contribution in [0.1, 0.15) is 17.2 Å². The number of aryl methyl sites for hydroxylation is 1. The second-order valence-electron chi connectivity index (χ2n) is 3.06. The van der Waals surface area contributed by atoms with Crippen LogP contribution in [0.5, 0.6) is 5.75 Å². The molecule has 1 aromatic rings. The first kappa shape index (κ1) is 10.0. The highest BCUT2D eigenvalue weighted by atomic mass is 16.5. The average molecular weight is 180 g/mol. The van der Waals surface area contributed by atoms with Gasteiger partial charge in [0.15, 0.2) is 0 Å². The summed E-state index contributed by atoms with van der Waals surface area (Å²) in [7, 11) is 1.64. The van der Waals surface area contributed by atoms with Crippen molar-refractivity contribution >= 4 is 0 Å². The van der Waals surface area contributed by atoms with Gasteiger partial charge in [0.2, 0.25) is 0 Å². The summed E-state index contributed by atoms with van der Waals surface area (Å²) in [6.07, 6.45) is 0. The van der Waals surface area contributed by atoms with Crippen molar-refractivity contribution in [3.8, 4) is 5.75 Å². The predicted molar refractivity (Wildman–Crippen MR) is 53.7 cm³/mol. The van der Waals surface area contributed by atoms with Crippen LogP contribution >= 0.6 is 0 Å². The number of methoxy groups -OCH3 is 1. The molecule has 0 bridgehead atoms. The predicted octanol–water partition coefficient (Wildman–Crippen LogP) is 0.962. The molecule has 1 unspecified atom stereocenters. The standard InChI is InChI=1S/C10H16N2O/c1-7-3-4-8(13-2)5-9(7)10(12)6-11/h3-5,10H,6,11-12H2,1-2H3. The van der Waals surface area contributed by atoms with Crippen LogP contribution in [0.2, 0.25) is 0 Å². The van der Waals surface area contributed by atoms with E-state index in [1.807, 2.05) is 25.1 Å². The van der Waals surface area contributed by atoms with E-state index in [9.17, 15) is 0 Å². The lowest BCUT2D eigenvalue weighted by Gasteiger charge is -2.13. The Morgan fingerprint density at radius 2 is 2.15 bits per heavy atom. The zero-order valence-electron chi connectivity index (χ0n) is 8.08. The van der Waals surface area contributed by atoms with Gasteiger partial charge in [-0.3, -0.25) is 0 Å². The van der Waals surface area contributed by atoms with Gasteiger partial charge < -0.3 is 16.2 Å². The summed E-state index contributed by atoms with van der Waals surface area (Å²) in [6.45, 7) is 2.47. The Morgan fingerprint density at radius 1 is 1.46 bits per heavy atom. The van der Waals surface area contributed by atoms with Crippen molar-refractivity contribution in [3.63, 3.8) is 0 Å². The molecule has 1 rings (SSSR count). The van der Waals surface area contributed by atoms with Crippen LogP contribution in [0.3, 0.4) is 0 Å². The van der Waals surface area contributed by atoms with Gasteiger partial charge >= 0.3 is 0 Å². The fourth-order valence-electron chi connectivity index (χ4n) is 1.27. The van der Waals surface area contributed by atoms with Gasteiger partial charge in [-0.15, -0.1) is 0 Å².